The molecule has 0 aliphatic carbocycles. The summed E-state index contributed by atoms with van der Waals surface area (Å²) in [5.74, 6) is 18.5. The predicted octanol–water partition coefficient (Wildman–Crippen LogP) is 8.14. The molecule has 0 amide bonds. The minimum absolute atomic E-state index is 0.181. The first kappa shape index (κ1) is 30.5. The summed E-state index contributed by atoms with van der Waals surface area (Å²) in [5, 5.41) is 0. The molecule has 0 bridgehead atoms. The second kappa shape index (κ2) is 11.4. The zero-order valence-corrected chi connectivity index (χ0v) is 24.3. The molecular formula is C35H41N. The van der Waals surface area contributed by atoms with E-state index in [1.54, 1.807) is 0 Å². The Bertz CT molecular complexity index is 1220. The predicted molar refractivity (Wildman–Crippen MR) is 155 cm³/mol. The molecule has 0 unspecified atom stereocenters. The van der Waals surface area contributed by atoms with Gasteiger partial charge in [-0.2, -0.15) is 0 Å². The van der Waals surface area contributed by atoms with Crippen LogP contribution in [0.2, 0.25) is 0 Å². The molecular weight excluding hydrogens is 434 g/mol. The third-order valence-electron chi connectivity index (χ3n) is 5.17. The third kappa shape index (κ3) is 9.59. The minimum Gasteiger partial charge on any atom is -0.231 e. The molecule has 1 heterocycles. The topological polar surface area (TPSA) is 12.9 Å². The molecule has 1 aromatic heterocycles. The van der Waals surface area contributed by atoms with Gasteiger partial charge in [0.25, 0.3) is 0 Å². The van der Waals surface area contributed by atoms with Gasteiger partial charge in [-0.1, -0.05) is 124 Å². The number of terminal acetylenes is 2. The van der Waals surface area contributed by atoms with Crippen molar-refractivity contribution in [1.29, 1.82) is 0 Å². The van der Waals surface area contributed by atoms with E-state index in [1.807, 2.05) is 18.2 Å². The lowest BCUT2D eigenvalue weighted by atomic mass is 9.83. The van der Waals surface area contributed by atoms with Crippen molar-refractivity contribution < 1.29 is 0 Å². The Hall–Kier alpha value is -3.57. The molecule has 36 heavy (non-hydrogen) atoms. The molecule has 0 saturated heterocycles. The summed E-state index contributed by atoms with van der Waals surface area (Å²) in [5.41, 5.74) is 10.6. The summed E-state index contributed by atoms with van der Waals surface area (Å²) >= 11 is 0. The maximum Gasteiger partial charge on any atom is 0.115 e. The van der Waals surface area contributed by atoms with Gasteiger partial charge in [-0.3, -0.25) is 0 Å². The van der Waals surface area contributed by atoms with Crippen LogP contribution in [-0.4, -0.2) is 4.98 Å². The van der Waals surface area contributed by atoms with Crippen molar-refractivity contribution in [2.75, 3.05) is 0 Å². The average molecular weight is 476 g/mol. The van der Waals surface area contributed by atoms with E-state index in [9.17, 15) is 0 Å². The molecule has 0 fully saturated rings. The van der Waals surface area contributed by atoms with E-state index in [1.165, 1.54) is 0 Å². The molecule has 0 atom stereocenters. The molecule has 0 N–H and O–H groups in total. The first-order chi connectivity index (χ1) is 16.3. The van der Waals surface area contributed by atoms with Gasteiger partial charge in [-0.15, -0.1) is 12.8 Å². The number of pyridine rings is 1. The van der Waals surface area contributed by atoms with Crippen LogP contribution < -0.4 is 0 Å². The van der Waals surface area contributed by atoms with Gasteiger partial charge in [-0.25, -0.2) is 4.98 Å². The van der Waals surface area contributed by atoms with Crippen molar-refractivity contribution >= 4 is 0 Å². The summed E-state index contributed by atoms with van der Waals surface area (Å²) in [6, 6.07) is 5.67. The van der Waals surface area contributed by atoms with Crippen LogP contribution in [0, 0.1) is 70.0 Å². The van der Waals surface area contributed by atoms with Crippen LogP contribution in [0.1, 0.15) is 94.5 Å². The van der Waals surface area contributed by atoms with Gasteiger partial charge in [0, 0.05) is 32.8 Å². The number of nitrogens with zero attached hydrogens (tertiary/aromatic N) is 1. The molecule has 0 saturated carbocycles. The SMILES string of the molecule is C#CC(=C=C(C#Cc1cccc(C#CC(=C=C(C#C)C(C)(C)C)C(C)(C)C)n1)C(C)(C)C)C(C)(C)C. The molecule has 0 radical (unpaired) electrons. The lowest BCUT2D eigenvalue weighted by molar-refractivity contribution is 0.508. The quantitative estimate of drug-likeness (QED) is 0.273. The fourth-order valence-corrected chi connectivity index (χ4v) is 2.77. The monoisotopic (exact) mass is 475 g/mol. The number of hydrogen-bond acceptors (Lipinski definition) is 1. The van der Waals surface area contributed by atoms with Crippen LogP contribution in [0.15, 0.2) is 52.0 Å². The Morgan fingerprint density at radius 2 is 0.861 bits per heavy atom. The van der Waals surface area contributed by atoms with E-state index in [2.05, 4.69) is 135 Å². The minimum atomic E-state index is -0.210. The van der Waals surface area contributed by atoms with Gasteiger partial charge < -0.3 is 0 Å². The van der Waals surface area contributed by atoms with E-state index < -0.39 is 0 Å². The number of rotatable bonds is 0. The molecule has 186 valence electrons. The fourth-order valence-electron chi connectivity index (χ4n) is 2.77. The van der Waals surface area contributed by atoms with E-state index in [0.717, 1.165) is 22.3 Å². The maximum absolute atomic E-state index is 5.77. The summed E-state index contributed by atoms with van der Waals surface area (Å²) in [4.78, 5) is 4.65. The summed E-state index contributed by atoms with van der Waals surface area (Å²) in [7, 11) is 0. The van der Waals surface area contributed by atoms with Gasteiger partial charge in [0.05, 0.1) is 11.1 Å². The molecule has 0 spiro atoms. The lowest BCUT2D eigenvalue weighted by Gasteiger charge is -2.19. The second-order valence-electron chi connectivity index (χ2n) is 12.9. The van der Waals surface area contributed by atoms with Crippen molar-refractivity contribution in [2.45, 2.75) is 83.1 Å². The number of hydrogen-bond donors (Lipinski definition) is 0. The van der Waals surface area contributed by atoms with Crippen LogP contribution in [0.3, 0.4) is 0 Å². The Labute approximate surface area is 221 Å². The van der Waals surface area contributed by atoms with E-state index in [4.69, 9.17) is 12.8 Å². The van der Waals surface area contributed by atoms with Gasteiger partial charge in [0.15, 0.2) is 0 Å². The highest BCUT2D eigenvalue weighted by Crippen LogP contribution is 2.29. The van der Waals surface area contributed by atoms with Crippen molar-refractivity contribution in [2.24, 2.45) is 21.7 Å². The fraction of sp³-hybridized carbons (Fsp3) is 0.457. The van der Waals surface area contributed by atoms with Crippen LogP contribution >= 0.6 is 0 Å². The van der Waals surface area contributed by atoms with Crippen molar-refractivity contribution in [3.8, 4) is 48.4 Å². The standard InChI is InChI=1S/C35H41N/c1-15-26(32(3,4)5)24-28(34(9,10)11)20-22-30-18-17-19-31(36-30)23-21-29(35(12,13)14)25-27(16-2)33(6,7)8/h1-2,17-19H,3-14H3. The van der Waals surface area contributed by atoms with E-state index in [-0.39, 0.29) is 21.7 Å². The summed E-state index contributed by atoms with van der Waals surface area (Å²) < 4.78 is 0. The number of aromatic nitrogens is 1. The van der Waals surface area contributed by atoms with Crippen LogP contribution in [0.4, 0.5) is 0 Å². The Kier molecular flexibility index (Phi) is 9.68. The molecule has 1 rings (SSSR count). The van der Waals surface area contributed by atoms with E-state index >= 15 is 0 Å². The van der Waals surface area contributed by atoms with Crippen LogP contribution in [0.5, 0.6) is 0 Å². The van der Waals surface area contributed by atoms with Crippen molar-refractivity contribution in [3.63, 3.8) is 0 Å². The molecule has 1 heteroatoms. The highest BCUT2D eigenvalue weighted by atomic mass is 14.7. The summed E-state index contributed by atoms with van der Waals surface area (Å²) in [6.45, 7) is 25.1. The normalized spacial score (nSPS) is 11.2. The lowest BCUT2D eigenvalue weighted by Crippen LogP contribution is -2.11. The third-order valence-corrected chi connectivity index (χ3v) is 5.17. The van der Waals surface area contributed by atoms with Gasteiger partial charge >= 0.3 is 0 Å². The zero-order chi connectivity index (χ0) is 27.9. The van der Waals surface area contributed by atoms with Crippen molar-refractivity contribution in [1.82, 2.24) is 4.98 Å². The number of allylic oxidation sites excluding steroid dienone is 2. The Morgan fingerprint density at radius 3 is 1.11 bits per heavy atom. The van der Waals surface area contributed by atoms with Crippen LogP contribution in [0.25, 0.3) is 0 Å². The van der Waals surface area contributed by atoms with E-state index in [0.29, 0.717) is 11.4 Å². The maximum atomic E-state index is 5.77. The van der Waals surface area contributed by atoms with Gasteiger partial charge in [-0.05, 0) is 24.0 Å². The average Bonchev–Trinajstić information content (AvgIpc) is 2.70. The first-order valence-electron chi connectivity index (χ1n) is 12.3. The Morgan fingerprint density at radius 1 is 0.556 bits per heavy atom. The highest BCUT2D eigenvalue weighted by Gasteiger charge is 2.20. The Balaban J connectivity index is 3.66. The first-order valence-corrected chi connectivity index (χ1v) is 12.3. The molecule has 0 aliphatic rings. The van der Waals surface area contributed by atoms with Gasteiger partial charge in [0.1, 0.15) is 11.4 Å². The molecule has 0 aliphatic heterocycles. The summed E-state index contributed by atoms with van der Waals surface area (Å²) in [6.07, 6.45) is 11.5. The largest absolute Gasteiger partial charge is 0.231 e. The smallest absolute Gasteiger partial charge is 0.115 e. The highest BCUT2D eigenvalue weighted by molar-refractivity contribution is 5.46. The zero-order valence-electron chi connectivity index (χ0n) is 24.3. The van der Waals surface area contributed by atoms with Gasteiger partial charge in [0.2, 0.25) is 0 Å². The molecule has 1 nitrogen and oxygen atoms in total. The molecule has 1 aromatic rings. The van der Waals surface area contributed by atoms with Crippen molar-refractivity contribution in [3.05, 3.63) is 63.3 Å². The second-order valence-corrected chi connectivity index (χ2v) is 12.9. The molecule has 0 aromatic carbocycles. The van der Waals surface area contributed by atoms with Crippen LogP contribution in [-0.2, 0) is 0 Å².